The van der Waals surface area contributed by atoms with E-state index in [2.05, 4.69) is 45.5 Å². The number of β-amino-alcohol motifs (C(OH)–C–C–N with tert-alkyl or cyclic N) is 4. The zero-order valence-corrected chi connectivity index (χ0v) is 54.5. The van der Waals surface area contributed by atoms with Crippen molar-refractivity contribution in [2.45, 2.75) is 43.7 Å². The van der Waals surface area contributed by atoms with E-state index in [0.717, 1.165) is 77.7 Å². The summed E-state index contributed by atoms with van der Waals surface area (Å²) >= 11 is 1.83. The van der Waals surface area contributed by atoms with Crippen molar-refractivity contribution in [1.29, 1.82) is 0 Å². The molecule has 7 heterocycles. The van der Waals surface area contributed by atoms with Gasteiger partial charge in [-0.25, -0.2) is 0 Å². The van der Waals surface area contributed by atoms with Crippen LogP contribution in [0.4, 0.5) is 0 Å². The summed E-state index contributed by atoms with van der Waals surface area (Å²) in [6.45, 7) is 19.9. The number of hydrogen-bond donors (Lipinski definition) is 4. The lowest BCUT2D eigenvalue weighted by Gasteiger charge is -2.37. The number of carbonyl (C=O) groups is 6. The number of aliphatic hydroxyl groups excluding tert-OH is 4. The van der Waals surface area contributed by atoms with Gasteiger partial charge in [-0.05, 0) is 6.26 Å². The van der Waals surface area contributed by atoms with Crippen LogP contribution in [0.5, 0.6) is 0 Å². The molecule has 0 radical (unpaired) electrons. The molecule has 0 aromatic heterocycles. The SMILES string of the molecule is COC(=O)C1CC(=O)N(CCN2CCN(CC(O)COCC(COCC(O)CN3CCN(CCSC)CC3)(COCC(O)CN3CCN(CCN4CC(C(=O)OC)CC4=O)CC3)COCC(O)CN3CCN(CCN4CC(C(=O)OC)CC4=O)CC3)CC2)C1. The van der Waals surface area contributed by atoms with Crippen LogP contribution < -0.4 is 0 Å². The number of nitrogens with zero attached hydrogens (tertiary/aromatic N) is 11. The van der Waals surface area contributed by atoms with Crippen LogP contribution in [0.3, 0.4) is 0 Å². The molecule has 0 spiro atoms. The van der Waals surface area contributed by atoms with E-state index in [-0.39, 0.29) is 108 Å². The second-order valence-electron chi connectivity index (χ2n) is 25.5. The Labute approximate surface area is 531 Å². The molecule has 0 aliphatic carbocycles. The Morgan fingerprint density at radius 2 is 0.640 bits per heavy atom. The lowest BCUT2D eigenvalue weighted by Crippen LogP contribution is -2.51. The number of esters is 3. The van der Waals surface area contributed by atoms with Crippen molar-refractivity contribution in [1.82, 2.24) is 53.9 Å². The van der Waals surface area contributed by atoms with Gasteiger partial charge in [0.05, 0.1) is 122 Å². The van der Waals surface area contributed by atoms with E-state index < -0.39 is 47.6 Å². The minimum absolute atomic E-state index is 0.000152. The molecule has 7 saturated heterocycles. The number of thioether (sulfide) groups is 1. The minimum Gasteiger partial charge on any atom is -0.469 e. The van der Waals surface area contributed by atoms with Gasteiger partial charge in [-0.15, -0.1) is 0 Å². The normalized spacial score (nSPS) is 25.0. The number of hydrogen-bond acceptors (Lipinski definition) is 26. The molecule has 0 saturated carbocycles. The Balaban J connectivity index is 0.921. The summed E-state index contributed by atoms with van der Waals surface area (Å²) in [5.41, 5.74) is -1.00. The summed E-state index contributed by atoms with van der Waals surface area (Å²) in [6.07, 6.45) is -0.650. The molecule has 4 N–H and O–H groups in total. The molecule has 28 nitrogen and oxygen atoms in total. The molecule has 3 amide bonds. The fraction of sp³-hybridized carbons (Fsp3) is 0.900. The van der Waals surface area contributed by atoms with Crippen LogP contribution in [-0.4, -0.2) is 417 Å². The highest BCUT2D eigenvalue weighted by atomic mass is 32.2. The number of ether oxygens (including phenoxy) is 7. The van der Waals surface area contributed by atoms with Crippen molar-refractivity contribution in [3.8, 4) is 0 Å². The van der Waals surface area contributed by atoms with Gasteiger partial charge < -0.3 is 68.3 Å². The third-order valence-electron chi connectivity index (χ3n) is 18.5. The maximum atomic E-state index is 12.6. The molecule has 0 bridgehead atoms. The van der Waals surface area contributed by atoms with Gasteiger partial charge >= 0.3 is 17.9 Å². The second kappa shape index (κ2) is 38.0. The topological polar surface area (TPSA) is 284 Å². The zero-order valence-electron chi connectivity index (χ0n) is 53.7. The zero-order chi connectivity index (χ0) is 63.7. The number of carbonyl (C=O) groups excluding carboxylic acids is 6. The van der Waals surface area contributed by atoms with Crippen LogP contribution in [0, 0.1) is 23.2 Å². The molecule has 0 aromatic carbocycles. The van der Waals surface area contributed by atoms with Gasteiger partial charge in [0.2, 0.25) is 17.7 Å². The van der Waals surface area contributed by atoms with E-state index in [0.29, 0.717) is 124 Å². The van der Waals surface area contributed by atoms with Gasteiger partial charge in [0.25, 0.3) is 0 Å². The lowest BCUT2D eigenvalue weighted by atomic mass is 9.92. The van der Waals surface area contributed by atoms with Crippen molar-refractivity contribution in [2.75, 3.05) is 283 Å². The number of amides is 3. The number of aliphatic hydroxyl groups is 4. The molecule has 7 rings (SSSR count). The van der Waals surface area contributed by atoms with Crippen LogP contribution in [0.15, 0.2) is 0 Å². The second-order valence-corrected chi connectivity index (χ2v) is 26.5. The third-order valence-corrected chi connectivity index (χ3v) is 19.1. The smallest absolute Gasteiger partial charge is 0.310 e. The number of likely N-dealkylation sites (tertiary alicyclic amines) is 3. The molecule has 7 aliphatic heterocycles. The summed E-state index contributed by atoms with van der Waals surface area (Å²) in [5.74, 6) is -1.39. The van der Waals surface area contributed by atoms with Crippen LogP contribution in [0.1, 0.15) is 19.3 Å². The van der Waals surface area contributed by atoms with Gasteiger partial charge in [0.1, 0.15) is 0 Å². The van der Waals surface area contributed by atoms with Crippen molar-refractivity contribution in [3.63, 3.8) is 0 Å². The van der Waals surface area contributed by atoms with E-state index in [9.17, 15) is 49.2 Å². The fourth-order valence-corrected chi connectivity index (χ4v) is 13.5. The lowest BCUT2D eigenvalue weighted by molar-refractivity contribution is -0.145. The minimum atomic E-state index is -1.00. The fourth-order valence-electron chi connectivity index (χ4n) is 13.0. The summed E-state index contributed by atoms with van der Waals surface area (Å²) in [6, 6.07) is 0. The molecular formula is C60H107N11O17S. The van der Waals surface area contributed by atoms with Crippen molar-refractivity contribution >= 4 is 47.4 Å². The third kappa shape index (κ3) is 24.4. The first-order chi connectivity index (χ1) is 42.9. The Morgan fingerprint density at radius 1 is 0.404 bits per heavy atom. The predicted octanol–water partition coefficient (Wildman–Crippen LogP) is -4.62. The molecule has 29 heteroatoms. The van der Waals surface area contributed by atoms with Crippen molar-refractivity contribution in [3.05, 3.63) is 0 Å². The molecule has 510 valence electrons. The average molecular weight is 1290 g/mol. The Kier molecular flexibility index (Phi) is 31.2. The van der Waals surface area contributed by atoms with Gasteiger partial charge in [0, 0.05) is 221 Å². The van der Waals surface area contributed by atoms with Gasteiger partial charge in [-0.3, -0.25) is 68.0 Å². The number of rotatable bonds is 39. The van der Waals surface area contributed by atoms with Gasteiger partial charge in [-0.2, -0.15) is 11.8 Å². The summed E-state index contributed by atoms with van der Waals surface area (Å²) in [5, 5.41) is 45.7. The maximum Gasteiger partial charge on any atom is 0.310 e. The Morgan fingerprint density at radius 3 is 0.876 bits per heavy atom. The molecular weight excluding hydrogens is 1180 g/mol. The van der Waals surface area contributed by atoms with Crippen LogP contribution in [0.2, 0.25) is 0 Å². The van der Waals surface area contributed by atoms with Gasteiger partial charge in [0.15, 0.2) is 0 Å². The van der Waals surface area contributed by atoms with E-state index >= 15 is 0 Å². The highest BCUT2D eigenvalue weighted by Crippen LogP contribution is 2.25. The largest absolute Gasteiger partial charge is 0.469 e. The van der Waals surface area contributed by atoms with E-state index in [1.165, 1.54) is 21.3 Å². The standard InChI is InChI=1S/C60H107N11O17S/c1-82-57(79)47-29-54(76)69(32-47)24-21-61-5-13-65(14-6-61)35-50(72)39-85-43-60(46-88-42-53(75)38-68-19-11-64(12-20-68)27-28-89-4,44-86-40-51(73)36-66-15-7-62(8-16-66)22-25-70-33-48(30-55(70)77)58(80)83-2)45-87-41-52(74)37-67-17-9-63(10-18-67)23-26-71-34-49(31-56(71)78)59(81)84-3/h47-53,72-75H,5-46H2,1-4H3. The van der Waals surface area contributed by atoms with E-state index in [1.54, 1.807) is 14.7 Å². The van der Waals surface area contributed by atoms with Crippen LogP contribution in [-0.2, 0) is 61.9 Å². The average Bonchev–Trinajstić information content (AvgIpc) is 3.18. The Bertz CT molecular complexity index is 1960. The first-order valence-electron chi connectivity index (χ1n) is 32.3. The predicted molar refractivity (Wildman–Crippen MR) is 330 cm³/mol. The molecule has 7 aliphatic rings. The monoisotopic (exact) mass is 1290 g/mol. The maximum absolute atomic E-state index is 12.6. The van der Waals surface area contributed by atoms with Crippen molar-refractivity contribution in [2.24, 2.45) is 23.2 Å². The molecule has 89 heavy (non-hydrogen) atoms. The summed E-state index contributed by atoms with van der Waals surface area (Å²) in [7, 11) is 4.02. The number of piperazine rings is 4. The highest BCUT2D eigenvalue weighted by Gasteiger charge is 2.39. The molecule has 7 unspecified atom stereocenters. The van der Waals surface area contributed by atoms with E-state index in [4.69, 9.17) is 33.2 Å². The molecule has 0 aromatic rings. The molecule has 7 atom stereocenters. The van der Waals surface area contributed by atoms with Crippen LogP contribution >= 0.6 is 11.8 Å². The summed E-state index contributed by atoms with van der Waals surface area (Å²) in [4.78, 5) is 97.3. The quantitative estimate of drug-likeness (QED) is 0.0333. The highest BCUT2D eigenvalue weighted by molar-refractivity contribution is 7.98. The van der Waals surface area contributed by atoms with Crippen LogP contribution in [0.25, 0.3) is 0 Å². The number of methoxy groups -OCH3 is 3. The first kappa shape index (κ1) is 72.9. The molecule has 7 fully saturated rings. The van der Waals surface area contributed by atoms with Gasteiger partial charge in [-0.1, -0.05) is 0 Å². The first-order valence-corrected chi connectivity index (χ1v) is 33.7. The van der Waals surface area contributed by atoms with E-state index in [1.807, 2.05) is 11.8 Å². The summed E-state index contributed by atoms with van der Waals surface area (Å²) < 4.78 is 40.2. The Hall–Kier alpha value is -3.47. The van der Waals surface area contributed by atoms with Crippen molar-refractivity contribution < 1.29 is 82.4 Å².